The van der Waals surface area contributed by atoms with E-state index in [-0.39, 0.29) is 19.1 Å². The summed E-state index contributed by atoms with van der Waals surface area (Å²) in [6.45, 7) is 0.638. The SMILES string of the molecule is COC(=O)C(CO[PH+]=O)CC(CCN(C)C(=O)OCc1ccccc1)c1cccc2ccccc12. The van der Waals surface area contributed by atoms with Crippen molar-refractivity contribution < 1.29 is 28.2 Å². The van der Waals surface area contributed by atoms with E-state index in [0.29, 0.717) is 19.4 Å². The molecule has 0 aliphatic rings. The fraction of sp³-hybridized carbons (Fsp3) is 0.333. The van der Waals surface area contributed by atoms with Gasteiger partial charge in [0, 0.05) is 13.6 Å². The van der Waals surface area contributed by atoms with Crippen LogP contribution < -0.4 is 0 Å². The number of hydrogen-bond acceptors (Lipinski definition) is 6. The van der Waals surface area contributed by atoms with Crippen molar-refractivity contribution in [2.75, 3.05) is 27.3 Å². The van der Waals surface area contributed by atoms with Gasteiger partial charge in [-0.1, -0.05) is 72.8 Å². The van der Waals surface area contributed by atoms with Gasteiger partial charge in [-0.3, -0.25) is 4.79 Å². The summed E-state index contributed by atoms with van der Waals surface area (Å²) in [7, 11) is 2.08. The van der Waals surface area contributed by atoms with Crippen LogP contribution >= 0.6 is 8.69 Å². The van der Waals surface area contributed by atoms with Crippen molar-refractivity contribution >= 4 is 31.5 Å². The number of carbonyl (C=O) groups excluding carboxylic acids is 2. The lowest BCUT2D eigenvalue weighted by molar-refractivity contribution is -0.146. The number of rotatable bonds is 12. The number of methoxy groups -OCH3 is 1. The van der Waals surface area contributed by atoms with Crippen LogP contribution in [0.3, 0.4) is 0 Å². The highest BCUT2D eigenvalue weighted by Gasteiger charge is 2.28. The number of esters is 1. The molecule has 7 nitrogen and oxygen atoms in total. The Morgan fingerprint density at radius 1 is 0.971 bits per heavy atom. The summed E-state index contributed by atoms with van der Waals surface area (Å²) >= 11 is 0. The monoisotopic (exact) mass is 496 g/mol. The first kappa shape index (κ1) is 26.3. The molecule has 1 amide bonds. The Kier molecular flexibility index (Phi) is 10.2. The summed E-state index contributed by atoms with van der Waals surface area (Å²) in [5.74, 6) is -1.07. The average Bonchev–Trinajstić information content (AvgIpc) is 2.91. The summed E-state index contributed by atoms with van der Waals surface area (Å²) in [5.41, 5.74) is 2.00. The van der Waals surface area contributed by atoms with E-state index >= 15 is 0 Å². The van der Waals surface area contributed by atoms with Crippen LogP contribution in [0.1, 0.15) is 29.9 Å². The van der Waals surface area contributed by atoms with Gasteiger partial charge in [0.2, 0.25) is 0 Å². The van der Waals surface area contributed by atoms with E-state index in [1.165, 1.54) is 7.11 Å². The van der Waals surface area contributed by atoms with E-state index in [1.54, 1.807) is 11.9 Å². The third-order valence-corrected chi connectivity index (χ3v) is 6.32. The minimum atomic E-state index is -0.954. The van der Waals surface area contributed by atoms with E-state index in [9.17, 15) is 14.2 Å². The van der Waals surface area contributed by atoms with E-state index in [4.69, 9.17) is 14.0 Å². The minimum Gasteiger partial charge on any atom is -0.469 e. The molecule has 3 unspecified atom stereocenters. The van der Waals surface area contributed by atoms with Gasteiger partial charge in [-0.25, -0.2) is 4.79 Å². The molecular formula is C27H31NO6P+. The van der Waals surface area contributed by atoms with Crippen LogP contribution in [-0.4, -0.2) is 44.3 Å². The van der Waals surface area contributed by atoms with Crippen LogP contribution in [0.4, 0.5) is 4.79 Å². The zero-order valence-corrected chi connectivity index (χ0v) is 21.0. The van der Waals surface area contributed by atoms with Gasteiger partial charge in [0.25, 0.3) is 0 Å². The predicted octanol–water partition coefficient (Wildman–Crippen LogP) is 5.72. The molecule has 35 heavy (non-hydrogen) atoms. The maximum atomic E-state index is 12.6. The van der Waals surface area contributed by atoms with Gasteiger partial charge in [0.15, 0.2) is 0 Å². The molecule has 8 heteroatoms. The van der Waals surface area contributed by atoms with Gasteiger partial charge >= 0.3 is 20.7 Å². The third kappa shape index (κ3) is 7.61. The van der Waals surface area contributed by atoms with Gasteiger partial charge in [0.1, 0.15) is 13.2 Å². The van der Waals surface area contributed by atoms with Crippen molar-refractivity contribution in [2.24, 2.45) is 5.92 Å². The molecular weight excluding hydrogens is 465 g/mol. The van der Waals surface area contributed by atoms with E-state index in [1.807, 2.05) is 66.7 Å². The molecule has 0 radical (unpaired) electrons. The molecule has 0 saturated carbocycles. The van der Waals surface area contributed by atoms with E-state index < -0.39 is 26.7 Å². The summed E-state index contributed by atoms with van der Waals surface area (Å²) < 4.78 is 26.4. The van der Waals surface area contributed by atoms with Gasteiger partial charge in [0.05, 0.1) is 13.0 Å². The van der Waals surface area contributed by atoms with Crippen LogP contribution in [0.2, 0.25) is 0 Å². The summed E-state index contributed by atoms with van der Waals surface area (Å²) in [6, 6.07) is 23.7. The number of amides is 1. The molecule has 0 fully saturated rings. The lowest BCUT2D eigenvalue weighted by Gasteiger charge is -2.25. The van der Waals surface area contributed by atoms with Crippen LogP contribution in [0, 0.1) is 5.92 Å². The molecule has 3 aromatic rings. The number of fused-ring (bicyclic) bond motifs is 1. The predicted molar refractivity (Wildman–Crippen MR) is 136 cm³/mol. The third-order valence-electron chi connectivity index (χ3n) is 6.04. The highest BCUT2D eigenvalue weighted by atomic mass is 31.1. The molecule has 3 aromatic carbocycles. The first-order chi connectivity index (χ1) is 17.0. The van der Waals surface area contributed by atoms with Crippen LogP contribution in [0.15, 0.2) is 72.8 Å². The summed E-state index contributed by atoms with van der Waals surface area (Å²) in [5, 5.41) is 2.18. The number of carbonyl (C=O) groups is 2. The molecule has 0 saturated heterocycles. The molecule has 3 atom stereocenters. The van der Waals surface area contributed by atoms with Gasteiger partial charge < -0.3 is 14.4 Å². The van der Waals surface area contributed by atoms with Crippen LogP contribution in [0.25, 0.3) is 10.8 Å². The lowest BCUT2D eigenvalue weighted by Crippen LogP contribution is -2.30. The average molecular weight is 497 g/mol. The Hall–Kier alpha value is -3.28. The number of hydrogen-bond donors (Lipinski definition) is 0. The maximum Gasteiger partial charge on any atom is 0.494 e. The lowest BCUT2D eigenvalue weighted by atomic mass is 9.84. The Bertz CT molecular complexity index is 1120. The van der Waals surface area contributed by atoms with Crippen LogP contribution in [-0.2, 0) is 30.0 Å². The Balaban J connectivity index is 1.76. The highest BCUT2D eigenvalue weighted by molar-refractivity contribution is 7.17. The Labute approximate surface area is 207 Å². The number of benzene rings is 3. The second-order valence-corrected chi connectivity index (χ2v) is 8.82. The molecule has 184 valence electrons. The highest BCUT2D eigenvalue weighted by Crippen LogP contribution is 2.33. The van der Waals surface area contributed by atoms with Gasteiger partial charge in [-0.05, 0) is 45.2 Å². The second kappa shape index (κ2) is 13.6. The normalized spacial score (nSPS) is 12.7. The number of ether oxygens (including phenoxy) is 2. The molecule has 0 N–H and O–H groups in total. The molecule has 0 bridgehead atoms. The molecule has 0 spiro atoms. The van der Waals surface area contributed by atoms with Crippen molar-refractivity contribution in [3.8, 4) is 0 Å². The summed E-state index contributed by atoms with van der Waals surface area (Å²) in [4.78, 5) is 26.5. The Morgan fingerprint density at radius 2 is 1.69 bits per heavy atom. The first-order valence-electron chi connectivity index (χ1n) is 11.5. The fourth-order valence-electron chi connectivity index (χ4n) is 4.15. The van der Waals surface area contributed by atoms with Crippen molar-refractivity contribution in [1.29, 1.82) is 0 Å². The largest absolute Gasteiger partial charge is 0.494 e. The van der Waals surface area contributed by atoms with E-state index in [0.717, 1.165) is 21.9 Å². The summed E-state index contributed by atoms with van der Waals surface area (Å²) in [6.07, 6.45) is 0.613. The molecule has 0 aliphatic carbocycles. The molecule has 0 aliphatic heterocycles. The van der Waals surface area contributed by atoms with Crippen molar-refractivity contribution in [3.63, 3.8) is 0 Å². The quantitative estimate of drug-likeness (QED) is 0.236. The molecule has 0 aromatic heterocycles. The Morgan fingerprint density at radius 3 is 2.43 bits per heavy atom. The minimum absolute atomic E-state index is 0.00480. The molecule has 3 rings (SSSR count). The zero-order valence-electron chi connectivity index (χ0n) is 20.0. The maximum absolute atomic E-state index is 12.6. The van der Waals surface area contributed by atoms with Gasteiger partial charge in [-0.15, -0.1) is 4.52 Å². The van der Waals surface area contributed by atoms with E-state index in [2.05, 4.69) is 6.07 Å². The van der Waals surface area contributed by atoms with Crippen molar-refractivity contribution in [2.45, 2.75) is 25.4 Å². The second-order valence-electron chi connectivity index (χ2n) is 8.37. The van der Waals surface area contributed by atoms with Crippen molar-refractivity contribution in [1.82, 2.24) is 4.90 Å². The smallest absolute Gasteiger partial charge is 0.469 e. The standard InChI is InChI=1S/C27H31NO6P/c1-28(27(30)33-18-20-9-4-3-5-10-20)16-15-22(17-23(19-34-35-31)26(29)32-2)25-14-8-12-21-11-6-7-13-24(21)25/h3-14,22-23,35H,15-19H2,1-2H3/q+1. The van der Waals surface area contributed by atoms with Crippen molar-refractivity contribution in [3.05, 3.63) is 83.9 Å². The topological polar surface area (TPSA) is 82.1 Å². The zero-order chi connectivity index (χ0) is 25.0. The van der Waals surface area contributed by atoms with Crippen LogP contribution in [0.5, 0.6) is 0 Å². The number of nitrogens with zero attached hydrogens (tertiary/aromatic N) is 1. The molecule has 0 heterocycles. The fourth-order valence-corrected chi connectivity index (χ4v) is 4.42. The van der Waals surface area contributed by atoms with Gasteiger partial charge in [-0.2, -0.15) is 0 Å². The first-order valence-corrected chi connectivity index (χ1v) is 12.3.